The zero-order chi connectivity index (χ0) is 28.6. The van der Waals surface area contributed by atoms with Gasteiger partial charge in [-0.2, -0.15) is 0 Å². The number of halogens is 1. The minimum atomic E-state index is -0.369. The van der Waals surface area contributed by atoms with Crippen LogP contribution in [-0.4, -0.2) is 69.3 Å². The van der Waals surface area contributed by atoms with E-state index in [1.54, 1.807) is 10.7 Å². The van der Waals surface area contributed by atoms with Crippen LogP contribution < -0.4 is 4.90 Å². The molecule has 1 aliphatic rings. The zero-order valence-electron chi connectivity index (χ0n) is 24.4. The monoisotopic (exact) mass is 550 g/mol. The molecule has 0 radical (unpaired) electrons. The number of rotatable bonds is 7. The maximum atomic E-state index is 14.5. The summed E-state index contributed by atoms with van der Waals surface area (Å²) in [6.07, 6.45) is 2.33. The van der Waals surface area contributed by atoms with E-state index in [-0.39, 0.29) is 36.5 Å². The van der Waals surface area contributed by atoms with Gasteiger partial charge >= 0.3 is 0 Å². The largest absolute Gasteiger partial charge is 0.338 e. The number of nitrogens with zero attached hydrogens (tertiary/aromatic N) is 6. The average Bonchev–Trinajstić information content (AvgIpc) is 3.31. The van der Waals surface area contributed by atoms with E-state index < -0.39 is 0 Å². The predicted octanol–water partition coefficient (Wildman–Crippen LogP) is 5.12. The lowest BCUT2D eigenvalue weighted by atomic mass is 10.1. The summed E-state index contributed by atoms with van der Waals surface area (Å²) in [5.74, 6) is 0.368. The van der Waals surface area contributed by atoms with Gasteiger partial charge in [-0.3, -0.25) is 9.59 Å². The van der Waals surface area contributed by atoms with Gasteiger partial charge in [-0.25, -0.2) is 9.07 Å². The van der Waals surface area contributed by atoms with E-state index in [1.807, 2.05) is 47.9 Å². The third-order valence-corrected chi connectivity index (χ3v) is 7.27. The summed E-state index contributed by atoms with van der Waals surface area (Å²) in [6, 6.07) is 12.3. The fourth-order valence-electron chi connectivity index (χ4n) is 5.47. The molecule has 0 atom stereocenters. The van der Waals surface area contributed by atoms with Crippen molar-refractivity contribution >= 4 is 28.5 Å². The number of hydrogen-bond acceptors (Lipinski definition) is 5. The van der Waals surface area contributed by atoms with Crippen LogP contribution in [0.4, 0.5) is 10.1 Å². The van der Waals surface area contributed by atoms with Crippen molar-refractivity contribution in [2.24, 2.45) is 11.8 Å². The number of carbonyl (C=O) groups excluding carboxylic acids is 2. The molecule has 0 spiro atoms. The fourth-order valence-corrected chi connectivity index (χ4v) is 5.47. The molecule has 0 saturated carbocycles. The van der Waals surface area contributed by atoms with Crippen molar-refractivity contribution in [1.82, 2.24) is 24.8 Å². The summed E-state index contributed by atoms with van der Waals surface area (Å²) in [7, 11) is 0. The fraction of sp³-hybridized carbons (Fsp3) is 0.548. The average molecular weight is 551 g/mol. The second-order valence-electron chi connectivity index (χ2n) is 11.7. The number of anilines is 1. The molecule has 3 aromatic rings. The van der Waals surface area contributed by atoms with Crippen LogP contribution in [0.5, 0.6) is 0 Å². The maximum Gasteiger partial charge on any atom is 0.227 e. The van der Waals surface area contributed by atoms with Crippen molar-refractivity contribution in [3.05, 3.63) is 53.8 Å². The highest BCUT2D eigenvalue weighted by molar-refractivity contribution is 5.94. The van der Waals surface area contributed by atoms with Crippen LogP contribution in [-0.2, 0) is 22.7 Å². The second kappa shape index (κ2) is 13.8. The zero-order valence-corrected chi connectivity index (χ0v) is 24.4. The summed E-state index contributed by atoms with van der Waals surface area (Å²) in [4.78, 5) is 33.1. The van der Waals surface area contributed by atoms with Gasteiger partial charge < -0.3 is 14.7 Å². The van der Waals surface area contributed by atoms with Crippen molar-refractivity contribution in [3.8, 4) is 0 Å². The number of carbonyl (C=O) groups is 2. The Morgan fingerprint density at radius 1 is 0.925 bits per heavy atom. The van der Waals surface area contributed by atoms with Crippen molar-refractivity contribution in [1.29, 1.82) is 0 Å². The van der Waals surface area contributed by atoms with E-state index in [1.165, 1.54) is 12.1 Å². The normalized spacial score (nSPS) is 15.8. The SMILES string of the molecule is CC(C)CC(=O)N1CCCN(CC(C)C)CCCN(C(=O)CCn2nnc3ccccc32)Cc2cc(F)ccc21. The van der Waals surface area contributed by atoms with Crippen LogP contribution in [0.25, 0.3) is 11.0 Å². The molecule has 0 unspecified atom stereocenters. The van der Waals surface area contributed by atoms with Crippen LogP contribution in [0.3, 0.4) is 0 Å². The van der Waals surface area contributed by atoms with Crippen LogP contribution in [0.15, 0.2) is 42.5 Å². The van der Waals surface area contributed by atoms with E-state index in [0.29, 0.717) is 43.2 Å². The number of para-hydroxylation sites is 1. The Bertz CT molecular complexity index is 1290. The third kappa shape index (κ3) is 7.87. The van der Waals surface area contributed by atoms with Gasteiger partial charge in [0.05, 0.1) is 12.1 Å². The van der Waals surface area contributed by atoms with Crippen LogP contribution >= 0.6 is 0 Å². The summed E-state index contributed by atoms with van der Waals surface area (Å²) in [5.41, 5.74) is 3.04. The molecular weight excluding hydrogens is 507 g/mol. The molecule has 1 aromatic heterocycles. The van der Waals surface area contributed by atoms with Gasteiger partial charge in [0, 0.05) is 44.7 Å². The maximum absolute atomic E-state index is 14.5. The summed E-state index contributed by atoms with van der Waals surface area (Å²) in [6.45, 7) is 13.0. The Morgan fingerprint density at radius 3 is 2.42 bits per heavy atom. The van der Waals surface area contributed by atoms with Gasteiger partial charge in [0.15, 0.2) is 0 Å². The van der Waals surface area contributed by atoms with Crippen LogP contribution in [0.2, 0.25) is 0 Å². The Balaban J connectivity index is 1.61. The Morgan fingerprint density at radius 2 is 1.68 bits per heavy atom. The molecule has 0 aliphatic carbocycles. The van der Waals surface area contributed by atoms with Gasteiger partial charge in [-0.15, -0.1) is 5.10 Å². The smallest absolute Gasteiger partial charge is 0.227 e. The third-order valence-electron chi connectivity index (χ3n) is 7.27. The molecule has 2 heterocycles. The van der Waals surface area contributed by atoms with Gasteiger partial charge in [0.1, 0.15) is 11.3 Å². The number of aromatic nitrogens is 3. The lowest BCUT2D eigenvalue weighted by Crippen LogP contribution is -2.40. The van der Waals surface area contributed by atoms with E-state index >= 15 is 0 Å². The first kappa shape index (κ1) is 29.6. The first-order valence-corrected chi connectivity index (χ1v) is 14.6. The molecule has 9 heteroatoms. The Labute approximate surface area is 237 Å². The summed E-state index contributed by atoms with van der Waals surface area (Å²) >= 11 is 0. The number of amides is 2. The summed E-state index contributed by atoms with van der Waals surface area (Å²) in [5, 5.41) is 8.43. The highest BCUT2D eigenvalue weighted by Crippen LogP contribution is 2.26. The predicted molar refractivity (Wildman–Crippen MR) is 156 cm³/mol. The molecule has 2 amide bonds. The molecular formula is C31H43FN6O2. The molecule has 4 rings (SSSR count). The molecule has 40 heavy (non-hydrogen) atoms. The molecule has 216 valence electrons. The second-order valence-corrected chi connectivity index (χ2v) is 11.7. The lowest BCUT2D eigenvalue weighted by molar-refractivity contribution is -0.132. The van der Waals surface area contributed by atoms with Gasteiger partial charge in [-0.05, 0) is 73.7 Å². The molecule has 0 saturated heterocycles. The first-order chi connectivity index (χ1) is 19.2. The number of fused-ring (bicyclic) bond motifs is 2. The number of hydrogen-bond donors (Lipinski definition) is 0. The van der Waals surface area contributed by atoms with Gasteiger partial charge in [0.2, 0.25) is 11.8 Å². The molecule has 1 aliphatic heterocycles. The van der Waals surface area contributed by atoms with E-state index in [4.69, 9.17) is 0 Å². The van der Waals surface area contributed by atoms with Crippen molar-refractivity contribution in [3.63, 3.8) is 0 Å². The minimum Gasteiger partial charge on any atom is -0.338 e. The molecule has 0 fully saturated rings. The molecule has 0 N–H and O–H groups in total. The van der Waals surface area contributed by atoms with Crippen LogP contribution in [0, 0.1) is 17.7 Å². The Kier molecular flexibility index (Phi) is 10.3. The van der Waals surface area contributed by atoms with E-state index in [2.05, 4.69) is 29.1 Å². The molecule has 8 nitrogen and oxygen atoms in total. The summed E-state index contributed by atoms with van der Waals surface area (Å²) < 4.78 is 16.3. The highest BCUT2D eigenvalue weighted by Gasteiger charge is 2.24. The quantitative estimate of drug-likeness (QED) is 0.408. The lowest BCUT2D eigenvalue weighted by Gasteiger charge is -2.32. The topological polar surface area (TPSA) is 74.6 Å². The Hall–Kier alpha value is -3.33. The van der Waals surface area contributed by atoms with Gasteiger partial charge in [0.25, 0.3) is 0 Å². The molecule has 2 aromatic carbocycles. The van der Waals surface area contributed by atoms with E-state index in [9.17, 15) is 14.0 Å². The van der Waals surface area contributed by atoms with Crippen molar-refractivity contribution < 1.29 is 14.0 Å². The number of benzene rings is 2. The minimum absolute atomic E-state index is 0.0256. The first-order valence-electron chi connectivity index (χ1n) is 14.6. The molecule has 0 bridgehead atoms. The van der Waals surface area contributed by atoms with E-state index in [0.717, 1.165) is 43.5 Å². The van der Waals surface area contributed by atoms with Crippen molar-refractivity contribution in [2.75, 3.05) is 37.6 Å². The number of aryl methyl sites for hydroxylation is 1. The highest BCUT2D eigenvalue weighted by atomic mass is 19.1. The van der Waals surface area contributed by atoms with Crippen LogP contribution in [0.1, 0.15) is 58.9 Å². The standard InChI is InChI=1S/C31H43FN6O2/c1-23(2)19-31(40)37-17-8-15-35(21-24(3)4)14-7-16-36(22-25-20-26(32)11-12-28(25)37)30(39)13-18-38-29-10-6-5-9-27(29)33-34-38/h5-6,9-12,20,23-24H,7-8,13-19,21-22H2,1-4H3. The van der Waals surface area contributed by atoms with Crippen molar-refractivity contribution in [2.45, 2.75) is 66.5 Å². The van der Waals surface area contributed by atoms with Gasteiger partial charge in [-0.1, -0.05) is 45.0 Å².